The number of unbranched alkanes of at least 4 members (excludes halogenated alkanes) is 6. The number of carbonyl (C=O) groups excluding carboxylic acids is 6. The Morgan fingerprint density at radius 3 is 1.06 bits per heavy atom. The summed E-state index contributed by atoms with van der Waals surface area (Å²) in [5, 5.41) is 16.5. The zero-order valence-electron chi connectivity index (χ0n) is 73.0. The van der Waals surface area contributed by atoms with Crippen LogP contribution in [0.4, 0.5) is 11.4 Å². The monoisotopic (exact) mass is 1970 g/mol. The van der Waals surface area contributed by atoms with E-state index in [-0.39, 0.29) is 142 Å². The van der Waals surface area contributed by atoms with Crippen molar-refractivity contribution in [2.75, 3.05) is 154 Å². The average Bonchev–Trinajstić information content (AvgIpc) is 1.57. The summed E-state index contributed by atoms with van der Waals surface area (Å²) in [5.41, 5.74) is -1.14. The second-order valence-electron chi connectivity index (χ2n) is 30.9. The topological polar surface area (TPSA) is 454 Å². The van der Waals surface area contributed by atoms with E-state index < -0.39 is 123 Å². The summed E-state index contributed by atoms with van der Waals surface area (Å²) in [6.07, 6.45) is 13.2. The van der Waals surface area contributed by atoms with Gasteiger partial charge in [-0.3, -0.25) is 47.0 Å². The van der Waals surface area contributed by atoms with E-state index in [9.17, 15) is 75.9 Å². The molecule has 0 saturated heterocycles. The number of carbonyl (C=O) groups is 6. The molecule has 129 heavy (non-hydrogen) atoms. The van der Waals surface area contributed by atoms with E-state index in [1.54, 1.807) is 79.7 Å². The summed E-state index contributed by atoms with van der Waals surface area (Å²) >= 11 is 7.33. The van der Waals surface area contributed by atoms with Crippen LogP contribution in [0.3, 0.4) is 0 Å². The summed E-state index contributed by atoms with van der Waals surface area (Å²) in [5.74, 6) is -1.46. The fourth-order valence-corrected chi connectivity index (χ4v) is 18.0. The third-order valence-electron chi connectivity index (χ3n) is 20.2. The largest absolute Gasteiger partial charge is 0.490 e. The zero-order valence-corrected chi connectivity index (χ0v) is 81.2. The molecular weight excluding hydrogens is 1850 g/mol. The number of nitrogens with zero attached hydrogens (tertiary/aromatic N) is 2. The van der Waals surface area contributed by atoms with Crippen LogP contribution in [0.25, 0.3) is 0 Å². The van der Waals surface area contributed by atoms with Gasteiger partial charge in [-0.1, -0.05) is 19.9 Å². The Labute approximate surface area is 791 Å². The number of ether oxygens (including phenoxy) is 6. The molecule has 0 saturated carbocycles. The van der Waals surface area contributed by atoms with Crippen molar-refractivity contribution >= 4 is 205 Å². The molecule has 698 valence electrons. The zero-order chi connectivity index (χ0) is 94.8. The Morgan fingerprint density at radius 1 is 0.380 bits per heavy atom. The van der Waals surface area contributed by atoms with Gasteiger partial charge in [-0.25, -0.2) is 69.7 Å². The second kappa shape index (κ2) is 56.7. The highest BCUT2D eigenvalue weighted by Crippen LogP contribution is 2.51. The second-order valence-corrected chi connectivity index (χ2v) is 41.7. The van der Waals surface area contributed by atoms with Crippen molar-refractivity contribution in [3.8, 4) is 34.5 Å². The predicted molar refractivity (Wildman–Crippen MR) is 522 cm³/mol. The molecule has 12 radical (unpaired) electrons. The fraction of sp³-hybridized carbons (Fsp3) is 0.568. The number of nitrogens with one attached hydrogen (secondary N) is 6. The Hall–Kier alpha value is -6.42. The third-order valence-corrected chi connectivity index (χ3v) is 26.4. The standard InChI is InChI=1S/C81H112B6N8O24S10/c1-80(2)68(22-17-23-69-81(3,4)71-61(79(101)93-29-47-129(111,112)113)49-57(75(97)92-28-46-128(108,109)110)51-63(71)95(69)31-21-45-127(105,106)107)94(30-20-44-126(102,103)104)62-50-56(74(96)88-24-18-25-89-76(98)58-52-64(114-32-5-11-38-120-82)72(118-36-9-15-42-124-86)65(53-58)115-33-6-12-39-121-83)48-60(70(62)80)78(100)91-27-19-26-90-77(99)59-54-66(116-34-7-13-40-122-84)73(119-37-10-16-43-125-87)67(55-59)117-35-8-14-41-123-85/h17,22-23,48-55H,5-16,18-21,24-47H2,1-4H3,(H9-,88,89,90,91,92,93,96,97,98,99,100,101,102,103,104,105,106,107,108,109,110,111,112,113)/p+1. The molecule has 0 aliphatic carbocycles. The fourth-order valence-electron chi connectivity index (χ4n) is 14.0. The number of benzene rings is 4. The lowest BCUT2D eigenvalue weighted by molar-refractivity contribution is -0.437. The van der Waals surface area contributed by atoms with Crippen LogP contribution < -0.4 is 65.2 Å². The van der Waals surface area contributed by atoms with Crippen LogP contribution in [0.2, 0.25) is 0 Å². The van der Waals surface area contributed by atoms with E-state index in [2.05, 4.69) is 31.9 Å². The number of hydrogen-bond acceptors (Lipinski definition) is 27. The van der Waals surface area contributed by atoms with E-state index >= 15 is 4.79 Å². The van der Waals surface area contributed by atoms with Gasteiger partial charge in [0, 0.05) is 115 Å². The first kappa shape index (κ1) is 111. The molecule has 32 nitrogen and oxygen atoms in total. The minimum atomic E-state index is -4.62. The molecule has 10 N–H and O–H groups in total. The normalized spacial score (nSPS) is 13.8. The molecule has 48 heteroatoms. The van der Waals surface area contributed by atoms with Gasteiger partial charge >= 0.3 is 0 Å². The SMILES string of the molecule is [B]SCCCCOc1cc(C(=O)NCCCNC(=O)c2cc(C(=O)NCCCNC(=O)c3cc(OCCCCS[B])c(OCCCCS[B])c(OCCCCS[B])c3)c3c(c2)[N+](CCCS(=O)(=O)O)=C(C=CC=C2N(CCCS(=O)(=O)O)c4cc(C(=O)NCCS(=O)(=O)O)cc(C(=O)NCCS(=O)(=O)O)c4C2(C)C)C3(C)C)cc(OCCCCS[B])c1OCCCCS[B]. The maximum Gasteiger partial charge on any atom is 0.266 e. The van der Waals surface area contributed by atoms with Crippen LogP contribution in [-0.2, 0) is 51.3 Å². The Kier molecular flexibility index (Phi) is 48.9. The predicted octanol–water partition coefficient (Wildman–Crippen LogP) is 9.05. The van der Waals surface area contributed by atoms with Crippen LogP contribution in [-0.4, -0.2) is 290 Å². The van der Waals surface area contributed by atoms with Crippen molar-refractivity contribution in [1.29, 1.82) is 0 Å². The van der Waals surface area contributed by atoms with Crippen LogP contribution >= 0.6 is 69.7 Å². The first-order valence-corrected chi connectivity index (χ1v) is 54.8. The summed E-state index contributed by atoms with van der Waals surface area (Å²) < 4.78 is 176. The highest BCUT2D eigenvalue weighted by Gasteiger charge is 2.49. The Bertz CT molecular complexity index is 4920. The van der Waals surface area contributed by atoms with Crippen molar-refractivity contribution in [3.63, 3.8) is 0 Å². The smallest absolute Gasteiger partial charge is 0.266 e. The first-order valence-electron chi connectivity index (χ1n) is 42.1. The molecule has 4 aromatic carbocycles. The highest BCUT2D eigenvalue weighted by molar-refractivity contribution is 8.20. The van der Waals surface area contributed by atoms with Gasteiger partial charge in [-0.15, -0.1) is 0 Å². The van der Waals surface area contributed by atoms with E-state index in [4.69, 9.17) is 71.2 Å². The lowest BCUT2D eigenvalue weighted by atomic mass is 9.78. The number of rotatable bonds is 66. The van der Waals surface area contributed by atoms with Gasteiger partial charge in [-0.2, -0.15) is 38.2 Å². The molecule has 4 aromatic rings. The molecule has 2 aliphatic heterocycles. The number of anilines is 1. The molecule has 2 heterocycles. The number of hydrogen-bond donors (Lipinski definition) is 10. The lowest BCUT2D eigenvalue weighted by Crippen LogP contribution is -2.33. The molecule has 2 aliphatic rings. The molecule has 6 rings (SSSR count). The Balaban J connectivity index is 1.43. The average molecular weight is 1970 g/mol. The maximum atomic E-state index is 15.3. The number of allylic oxidation sites excluding steroid dienone is 4. The molecule has 0 aromatic heterocycles. The van der Waals surface area contributed by atoms with Crippen LogP contribution in [0, 0.1) is 0 Å². The van der Waals surface area contributed by atoms with Crippen molar-refractivity contribution < 1.29 is 114 Å². The molecule has 0 spiro atoms. The van der Waals surface area contributed by atoms with Gasteiger partial charge in [0.1, 0.15) is 6.54 Å². The summed E-state index contributed by atoms with van der Waals surface area (Å²) in [4.78, 5) is 88.6. The van der Waals surface area contributed by atoms with Gasteiger partial charge < -0.3 is 65.2 Å². The summed E-state index contributed by atoms with van der Waals surface area (Å²) in [7, 11) is 15.7. The summed E-state index contributed by atoms with van der Waals surface area (Å²) in [6, 6.07) is 11.8. The minimum absolute atomic E-state index is 0.0137. The van der Waals surface area contributed by atoms with Crippen LogP contribution in [0.5, 0.6) is 34.5 Å². The maximum absolute atomic E-state index is 15.3. The molecule has 0 bridgehead atoms. The van der Waals surface area contributed by atoms with Crippen LogP contribution in [0.15, 0.2) is 72.5 Å². The van der Waals surface area contributed by atoms with E-state index in [1.807, 2.05) is 0 Å². The van der Waals surface area contributed by atoms with Gasteiger partial charge in [0.15, 0.2) is 71.5 Å². The third kappa shape index (κ3) is 38.1. The van der Waals surface area contributed by atoms with Gasteiger partial charge in [-0.05, 0) is 193 Å². The van der Waals surface area contributed by atoms with Gasteiger partial charge in [0.25, 0.3) is 75.9 Å². The number of amides is 6. The van der Waals surface area contributed by atoms with Crippen molar-refractivity contribution in [2.45, 2.75) is 141 Å². The Morgan fingerprint density at radius 2 is 0.698 bits per heavy atom. The lowest BCUT2D eigenvalue weighted by Gasteiger charge is -2.27. The molecule has 0 atom stereocenters. The van der Waals surface area contributed by atoms with E-state index in [0.717, 1.165) is 56.1 Å². The summed E-state index contributed by atoms with van der Waals surface area (Å²) in [6.45, 7) is 7.04. The van der Waals surface area contributed by atoms with Crippen molar-refractivity contribution in [1.82, 2.24) is 31.9 Å². The molecular formula is C81H113B6N8O24S10+. The van der Waals surface area contributed by atoms with Crippen molar-refractivity contribution in [2.24, 2.45) is 0 Å². The first-order chi connectivity index (χ1) is 61.3. The molecule has 6 amide bonds. The molecule has 0 unspecified atom stereocenters. The van der Waals surface area contributed by atoms with Gasteiger partial charge in [0.05, 0.1) is 79.2 Å². The van der Waals surface area contributed by atoms with E-state index in [1.165, 1.54) is 87.9 Å². The van der Waals surface area contributed by atoms with Crippen LogP contribution in [0.1, 0.15) is 204 Å². The quantitative estimate of drug-likeness (QED) is 0.00852. The van der Waals surface area contributed by atoms with E-state index in [0.29, 0.717) is 126 Å². The van der Waals surface area contributed by atoms with Crippen molar-refractivity contribution in [3.05, 3.63) is 117 Å². The van der Waals surface area contributed by atoms with Gasteiger partial charge in [0.2, 0.25) is 17.2 Å². The number of fused-ring (bicyclic) bond motifs is 2. The minimum Gasteiger partial charge on any atom is -0.490 e. The highest BCUT2D eigenvalue weighted by atomic mass is 32.2. The molecule has 0 fully saturated rings.